The monoisotopic (exact) mass is 337 g/mol. The highest BCUT2D eigenvalue weighted by Crippen LogP contribution is 2.13. The summed E-state index contributed by atoms with van der Waals surface area (Å²) >= 11 is 0. The van der Waals surface area contributed by atoms with E-state index in [0.717, 1.165) is 25.2 Å². The first kappa shape index (κ1) is 18.8. The van der Waals surface area contributed by atoms with Gasteiger partial charge in [-0.15, -0.1) is 0 Å². The third-order valence-corrected chi connectivity index (χ3v) is 4.33. The Bertz CT molecular complexity index is 553. The lowest BCUT2D eigenvalue weighted by molar-refractivity contribution is -0.139. The average molecular weight is 337 g/mol. The molecule has 24 heavy (non-hydrogen) atoms. The van der Waals surface area contributed by atoms with E-state index in [1.54, 1.807) is 18.0 Å². The van der Waals surface area contributed by atoms with E-state index in [9.17, 15) is 9.18 Å². The molecule has 1 aromatic carbocycles. The summed E-state index contributed by atoms with van der Waals surface area (Å²) in [5.74, 6) is -0.231. The molecule has 1 aliphatic rings. The lowest BCUT2D eigenvalue weighted by atomic mass is 10.1. The van der Waals surface area contributed by atoms with E-state index in [1.165, 1.54) is 12.1 Å². The number of morpholine rings is 1. The van der Waals surface area contributed by atoms with Gasteiger partial charge in [0.05, 0.1) is 18.8 Å². The average Bonchev–Trinajstić information content (AvgIpc) is 2.53. The Morgan fingerprint density at radius 3 is 2.83 bits per heavy atom. The van der Waals surface area contributed by atoms with E-state index in [1.807, 2.05) is 27.1 Å². The van der Waals surface area contributed by atoms with Gasteiger partial charge in [-0.2, -0.15) is 0 Å². The van der Waals surface area contributed by atoms with Crippen LogP contribution in [0.3, 0.4) is 0 Å². The summed E-state index contributed by atoms with van der Waals surface area (Å²) < 4.78 is 19.1. The topological polar surface area (TPSA) is 36.0 Å². The summed E-state index contributed by atoms with van der Waals surface area (Å²) in [4.78, 5) is 18.6. The Hall–Kier alpha value is -1.50. The predicted molar refractivity (Wildman–Crippen MR) is 92.2 cm³/mol. The first-order chi connectivity index (χ1) is 11.4. The van der Waals surface area contributed by atoms with E-state index in [-0.39, 0.29) is 23.9 Å². The summed E-state index contributed by atoms with van der Waals surface area (Å²) in [6.07, 6.45) is 0.123. The highest BCUT2D eigenvalue weighted by atomic mass is 19.1. The summed E-state index contributed by atoms with van der Waals surface area (Å²) in [6, 6.07) is 6.17. The van der Waals surface area contributed by atoms with E-state index < -0.39 is 0 Å². The number of ether oxygens (including phenoxy) is 1. The first-order valence-electron chi connectivity index (χ1n) is 8.36. The van der Waals surface area contributed by atoms with Crippen LogP contribution in [0.2, 0.25) is 0 Å². The number of halogens is 1. The molecule has 0 N–H and O–H groups in total. The van der Waals surface area contributed by atoms with E-state index >= 15 is 0 Å². The molecule has 0 radical (unpaired) electrons. The number of amides is 1. The van der Waals surface area contributed by atoms with Gasteiger partial charge in [-0.1, -0.05) is 12.1 Å². The Morgan fingerprint density at radius 1 is 1.42 bits per heavy atom. The molecule has 6 heteroatoms. The smallest absolute Gasteiger partial charge is 0.239 e. The minimum atomic E-state index is -0.277. The zero-order chi connectivity index (χ0) is 17.7. The number of carbonyl (C=O) groups is 1. The Morgan fingerprint density at radius 2 is 2.17 bits per heavy atom. The molecule has 1 aromatic rings. The van der Waals surface area contributed by atoms with Gasteiger partial charge in [-0.05, 0) is 38.7 Å². The number of likely N-dealkylation sites (N-methyl/N-ethyl adjacent to an activating group) is 2. The maximum atomic E-state index is 13.3. The van der Waals surface area contributed by atoms with Crippen molar-refractivity contribution >= 4 is 5.91 Å². The second-order valence-corrected chi connectivity index (χ2v) is 6.75. The molecule has 134 valence electrons. The van der Waals surface area contributed by atoms with Crippen molar-refractivity contribution in [2.45, 2.75) is 25.6 Å². The zero-order valence-corrected chi connectivity index (χ0v) is 15.0. The van der Waals surface area contributed by atoms with Gasteiger partial charge >= 0.3 is 0 Å². The summed E-state index contributed by atoms with van der Waals surface area (Å²) in [5, 5.41) is 0. The van der Waals surface area contributed by atoms with Crippen molar-refractivity contribution in [1.29, 1.82) is 0 Å². The molecular weight excluding hydrogens is 309 g/mol. The maximum absolute atomic E-state index is 13.3. The van der Waals surface area contributed by atoms with E-state index in [2.05, 4.69) is 9.80 Å². The molecule has 2 atom stereocenters. The number of benzene rings is 1. The van der Waals surface area contributed by atoms with Gasteiger partial charge in [-0.25, -0.2) is 4.39 Å². The second kappa shape index (κ2) is 8.55. The van der Waals surface area contributed by atoms with Crippen LogP contribution in [0.25, 0.3) is 0 Å². The molecule has 0 spiro atoms. The van der Waals surface area contributed by atoms with Crippen LogP contribution >= 0.6 is 0 Å². The fourth-order valence-electron chi connectivity index (χ4n) is 3.07. The standard InChI is InChI=1S/C18H28FN3O2/c1-14(22-8-9-24-17(13-22)12-20(2)3)18(23)21(4)11-15-6-5-7-16(19)10-15/h5-7,10,14,17H,8-9,11-13H2,1-4H3/t14-,17+/m1/s1. The van der Waals surface area contributed by atoms with Crippen molar-refractivity contribution in [2.24, 2.45) is 0 Å². The third kappa shape index (κ3) is 5.26. The summed E-state index contributed by atoms with van der Waals surface area (Å²) in [6.45, 7) is 5.33. The first-order valence-corrected chi connectivity index (χ1v) is 8.36. The van der Waals surface area contributed by atoms with E-state index in [4.69, 9.17) is 4.74 Å². The fraction of sp³-hybridized carbons (Fsp3) is 0.611. The minimum Gasteiger partial charge on any atom is -0.374 e. The van der Waals surface area contributed by atoms with Crippen molar-refractivity contribution in [3.63, 3.8) is 0 Å². The van der Waals surface area contributed by atoms with Crippen LogP contribution in [0, 0.1) is 5.82 Å². The van der Waals surface area contributed by atoms with Crippen LogP contribution in [0.1, 0.15) is 12.5 Å². The van der Waals surface area contributed by atoms with Crippen LogP contribution in [-0.2, 0) is 16.1 Å². The quantitative estimate of drug-likeness (QED) is 0.787. The number of rotatable bonds is 6. The van der Waals surface area contributed by atoms with Crippen molar-refractivity contribution in [1.82, 2.24) is 14.7 Å². The number of nitrogens with zero attached hydrogens (tertiary/aromatic N) is 3. The molecule has 2 rings (SSSR count). The molecule has 5 nitrogen and oxygen atoms in total. The van der Waals surface area contributed by atoms with Crippen LogP contribution in [0.15, 0.2) is 24.3 Å². The lowest BCUT2D eigenvalue weighted by Crippen LogP contribution is -2.54. The molecule has 0 saturated carbocycles. The normalized spacial score (nSPS) is 20.2. The van der Waals surface area contributed by atoms with Crippen molar-refractivity contribution < 1.29 is 13.9 Å². The van der Waals surface area contributed by atoms with Crippen molar-refractivity contribution in [2.75, 3.05) is 47.4 Å². The van der Waals surface area contributed by atoms with Gasteiger partial charge in [0.2, 0.25) is 5.91 Å². The molecule has 1 saturated heterocycles. The van der Waals surface area contributed by atoms with Crippen LogP contribution in [-0.4, -0.2) is 80.1 Å². The third-order valence-electron chi connectivity index (χ3n) is 4.33. The molecule has 0 aromatic heterocycles. The molecule has 0 unspecified atom stereocenters. The SMILES string of the molecule is C[C@H](C(=O)N(C)Cc1cccc(F)c1)N1CCO[C@@H](CN(C)C)C1. The van der Waals surface area contributed by atoms with Gasteiger partial charge in [0.25, 0.3) is 0 Å². The molecule has 1 amide bonds. The fourth-order valence-corrected chi connectivity index (χ4v) is 3.07. The molecule has 0 aliphatic carbocycles. The zero-order valence-electron chi connectivity index (χ0n) is 15.0. The van der Waals surface area contributed by atoms with Crippen molar-refractivity contribution in [3.8, 4) is 0 Å². The predicted octanol–water partition coefficient (Wildman–Crippen LogP) is 1.44. The number of carbonyl (C=O) groups excluding carboxylic acids is 1. The maximum Gasteiger partial charge on any atom is 0.239 e. The van der Waals surface area contributed by atoms with E-state index in [0.29, 0.717) is 13.2 Å². The van der Waals surface area contributed by atoms with Crippen LogP contribution in [0.4, 0.5) is 4.39 Å². The molecule has 1 heterocycles. The van der Waals surface area contributed by atoms with Gasteiger partial charge in [0.15, 0.2) is 0 Å². The van der Waals surface area contributed by atoms with Gasteiger partial charge < -0.3 is 14.5 Å². The lowest BCUT2D eigenvalue weighted by Gasteiger charge is -2.38. The second-order valence-electron chi connectivity index (χ2n) is 6.75. The van der Waals surface area contributed by atoms with Crippen molar-refractivity contribution in [3.05, 3.63) is 35.6 Å². The van der Waals surface area contributed by atoms with Gasteiger partial charge in [0.1, 0.15) is 5.82 Å². The van der Waals surface area contributed by atoms with Crippen LogP contribution in [0.5, 0.6) is 0 Å². The highest BCUT2D eigenvalue weighted by molar-refractivity contribution is 5.81. The molecular formula is C18H28FN3O2. The summed E-state index contributed by atoms with van der Waals surface area (Å²) in [5.41, 5.74) is 0.797. The highest BCUT2D eigenvalue weighted by Gasteiger charge is 2.29. The molecule has 0 bridgehead atoms. The summed E-state index contributed by atoms with van der Waals surface area (Å²) in [7, 11) is 5.80. The molecule has 1 fully saturated rings. The Kier molecular flexibility index (Phi) is 6.71. The Labute approximate surface area is 144 Å². The van der Waals surface area contributed by atoms with Gasteiger partial charge in [0, 0.05) is 33.2 Å². The number of hydrogen-bond donors (Lipinski definition) is 0. The number of hydrogen-bond acceptors (Lipinski definition) is 4. The van der Waals surface area contributed by atoms with Gasteiger partial charge in [-0.3, -0.25) is 9.69 Å². The Balaban J connectivity index is 1.92. The van der Waals surface area contributed by atoms with Crippen LogP contribution < -0.4 is 0 Å². The largest absolute Gasteiger partial charge is 0.374 e. The molecule has 1 aliphatic heterocycles. The minimum absolute atomic E-state index is 0.0461.